The van der Waals surface area contributed by atoms with Crippen molar-refractivity contribution < 1.29 is 13.5 Å². The van der Waals surface area contributed by atoms with Crippen LogP contribution in [0.5, 0.6) is 5.75 Å². The third-order valence-corrected chi connectivity index (χ3v) is 5.81. The van der Waals surface area contributed by atoms with E-state index in [-0.39, 0.29) is 11.9 Å². The highest BCUT2D eigenvalue weighted by Crippen LogP contribution is 2.31. The van der Waals surface area contributed by atoms with E-state index in [1.54, 1.807) is 19.2 Å². The third-order valence-electron chi connectivity index (χ3n) is 5.81. The third kappa shape index (κ3) is 3.29. The second-order valence-corrected chi connectivity index (χ2v) is 7.73. The molecule has 0 unspecified atom stereocenters. The molecule has 1 aliphatic rings. The van der Waals surface area contributed by atoms with Crippen molar-refractivity contribution in [2.75, 3.05) is 30.8 Å². The van der Waals surface area contributed by atoms with E-state index in [9.17, 15) is 13.6 Å². The van der Waals surface area contributed by atoms with E-state index in [2.05, 4.69) is 10.1 Å². The highest BCUT2D eigenvalue weighted by molar-refractivity contribution is 5.95. The molecule has 11 heteroatoms. The van der Waals surface area contributed by atoms with Gasteiger partial charge in [-0.1, -0.05) is 6.07 Å². The molecule has 9 nitrogen and oxygen atoms in total. The van der Waals surface area contributed by atoms with Crippen molar-refractivity contribution in [3.05, 3.63) is 52.7 Å². The second-order valence-electron chi connectivity index (χ2n) is 7.73. The van der Waals surface area contributed by atoms with Crippen LogP contribution in [0.2, 0.25) is 0 Å². The van der Waals surface area contributed by atoms with E-state index < -0.39 is 12.1 Å². The first-order valence-electron chi connectivity index (χ1n) is 10.2. The van der Waals surface area contributed by atoms with Crippen molar-refractivity contribution in [3.8, 4) is 5.75 Å². The van der Waals surface area contributed by atoms with Crippen molar-refractivity contribution in [2.45, 2.75) is 25.3 Å². The summed E-state index contributed by atoms with van der Waals surface area (Å²) in [5, 5.41) is 5.38. The molecule has 0 amide bonds. The van der Waals surface area contributed by atoms with Crippen LogP contribution in [-0.4, -0.2) is 44.3 Å². The maximum absolute atomic E-state index is 13.1. The first-order valence-corrected chi connectivity index (χ1v) is 10.2. The zero-order valence-corrected chi connectivity index (χ0v) is 17.3. The Bertz CT molecular complexity index is 1370. The first kappa shape index (κ1) is 20.2. The van der Waals surface area contributed by atoms with Crippen LogP contribution in [0, 0.1) is 0 Å². The first-order chi connectivity index (χ1) is 15.5. The van der Waals surface area contributed by atoms with E-state index in [0.29, 0.717) is 46.1 Å². The van der Waals surface area contributed by atoms with Gasteiger partial charge in [0.05, 0.1) is 12.8 Å². The molecule has 1 fully saturated rings. The number of ether oxygens (including phenoxy) is 1. The van der Waals surface area contributed by atoms with Gasteiger partial charge in [0.25, 0.3) is 5.56 Å². The lowest BCUT2D eigenvalue weighted by Crippen LogP contribution is -2.35. The van der Waals surface area contributed by atoms with Gasteiger partial charge in [-0.3, -0.25) is 9.36 Å². The molecule has 32 heavy (non-hydrogen) atoms. The summed E-state index contributed by atoms with van der Waals surface area (Å²) in [5.74, 6) is 1.38. The molecule has 1 aliphatic heterocycles. The summed E-state index contributed by atoms with van der Waals surface area (Å²) in [7, 11) is 1.57. The van der Waals surface area contributed by atoms with Crippen molar-refractivity contribution in [3.63, 3.8) is 0 Å². The number of nitrogens with zero attached hydrogens (tertiary/aromatic N) is 6. The van der Waals surface area contributed by atoms with Gasteiger partial charge >= 0.3 is 6.55 Å². The van der Waals surface area contributed by atoms with Gasteiger partial charge in [-0.25, -0.2) is 9.97 Å². The number of piperidine rings is 1. The molecular weight excluding hydrogens is 420 g/mol. The van der Waals surface area contributed by atoms with Crippen LogP contribution >= 0.6 is 0 Å². The fourth-order valence-corrected chi connectivity index (χ4v) is 4.23. The monoisotopic (exact) mass is 441 g/mol. The number of pyridine rings is 1. The predicted molar refractivity (Wildman–Crippen MR) is 115 cm³/mol. The molecule has 1 aromatic carbocycles. The molecule has 4 heterocycles. The van der Waals surface area contributed by atoms with Crippen LogP contribution in [0.1, 0.15) is 31.1 Å². The lowest BCUT2D eigenvalue weighted by atomic mass is 9.97. The van der Waals surface area contributed by atoms with Crippen molar-refractivity contribution >= 4 is 28.2 Å². The minimum absolute atomic E-state index is 0.0318. The van der Waals surface area contributed by atoms with Crippen LogP contribution in [0.4, 0.5) is 20.4 Å². The Hall–Kier alpha value is -3.76. The van der Waals surface area contributed by atoms with E-state index in [1.165, 1.54) is 16.8 Å². The molecule has 0 radical (unpaired) electrons. The lowest BCUT2D eigenvalue weighted by molar-refractivity contribution is 0.0664. The topological polar surface area (TPSA) is 104 Å². The van der Waals surface area contributed by atoms with E-state index in [4.69, 9.17) is 15.5 Å². The fraction of sp³-hybridized carbons (Fsp3) is 0.333. The van der Waals surface area contributed by atoms with E-state index in [0.717, 1.165) is 18.2 Å². The average molecular weight is 441 g/mol. The van der Waals surface area contributed by atoms with Crippen molar-refractivity contribution in [1.29, 1.82) is 0 Å². The maximum Gasteiger partial charge on any atom is 0.321 e. The van der Waals surface area contributed by atoms with Crippen LogP contribution in [-0.2, 0) is 0 Å². The summed E-state index contributed by atoms with van der Waals surface area (Å²) in [6, 6.07) is 8.29. The average Bonchev–Trinajstić information content (AvgIpc) is 3.26. The number of halogens is 2. The molecule has 5 rings (SSSR count). The number of hydrogen-bond acceptors (Lipinski definition) is 7. The van der Waals surface area contributed by atoms with Crippen LogP contribution in [0.25, 0.3) is 16.6 Å². The standard InChI is InChI=1S/C21H21F2N7O2/c1-32-15-6-2-5-14-17(15)25-21(24)30-19(14)26-18(27-30)12-4-3-9-28(10-12)13-7-8-16(31)29(11-13)20(22)23/h2,5-8,11-12,20H,3-4,9-10H2,1H3,(H2,24,25)/t12-/m1/s1. The number of nitrogen functional groups attached to an aromatic ring is 1. The van der Waals surface area contributed by atoms with Crippen LogP contribution in [0.15, 0.2) is 41.3 Å². The molecule has 3 aromatic heterocycles. The molecule has 4 aromatic rings. The van der Waals surface area contributed by atoms with Gasteiger partial charge in [-0.05, 0) is 31.0 Å². The summed E-state index contributed by atoms with van der Waals surface area (Å²) >= 11 is 0. The minimum atomic E-state index is -2.89. The van der Waals surface area contributed by atoms with Gasteiger partial charge in [-0.2, -0.15) is 13.3 Å². The van der Waals surface area contributed by atoms with Gasteiger partial charge in [0.2, 0.25) is 5.95 Å². The molecule has 0 saturated carbocycles. The lowest BCUT2D eigenvalue weighted by Gasteiger charge is -2.33. The number of anilines is 2. The summed E-state index contributed by atoms with van der Waals surface area (Å²) in [6.45, 7) is -1.66. The molecule has 2 N–H and O–H groups in total. The Morgan fingerprint density at radius 2 is 2.06 bits per heavy atom. The smallest absolute Gasteiger partial charge is 0.321 e. The zero-order chi connectivity index (χ0) is 22.4. The van der Waals surface area contributed by atoms with Crippen molar-refractivity contribution in [2.24, 2.45) is 0 Å². The van der Waals surface area contributed by atoms with Gasteiger partial charge in [0.1, 0.15) is 11.3 Å². The number of alkyl halides is 2. The van der Waals surface area contributed by atoms with E-state index in [1.807, 2.05) is 17.0 Å². The zero-order valence-electron chi connectivity index (χ0n) is 17.3. The number of aromatic nitrogens is 5. The number of benzene rings is 1. The number of methoxy groups -OCH3 is 1. The molecule has 0 spiro atoms. The minimum Gasteiger partial charge on any atom is -0.494 e. The molecular formula is C21H21F2N7O2. The predicted octanol–water partition coefficient (Wildman–Crippen LogP) is 2.81. The van der Waals surface area contributed by atoms with Gasteiger partial charge in [0, 0.05) is 36.7 Å². The Morgan fingerprint density at radius 3 is 2.84 bits per heavy atom. The van der Waals surface area contributed by atoms with E-state index >= 15 is 0 Å². The van der Waals surface area contributed by atoms with Gasteiger partial charge in [0.15, 0.2) is 11.5 Å². The summed E-state index contributed by atoms with van der Waals surface area (Å²) in [4.78, 5) is 22.8. The number of rotatable bonds is 4. The Labute approximate surface area is 181 Å². The highest BCUT2D eigenvalue weighted by Gasteiger charge is 2.27. The summed E-state index contributed by atoms with van der Waals surface area (Å²) in [6.07, 6.45) is 2.88. The molecule has 0 bridgehead atoms. The molecule has 1 atom stereocenters. The SMILES string of the molecule is COc1cccc2c1nc(N)n1nc([C@@H]3CCCN(c4ccc(=O)n(C(F)F)c4)C3)nc21. The second kappa shape index (κ2) is 7.74. The summed E-state index contributed by atoms with van der Waals surface area (Å²) < 4.78 is 33.7. The molecule has 166 valence electrons. The van der Waals surface area contributed by atoms with Crippen LogP contribution in [0.3, 0.4) is 0 Å². The number of nitrogens with two attached hydrogens (primary N) is 1. The normalized spacial score (nSPS) is 16.9. The number of para-hydroxylation sites is 1. The number of fused-ring (bicyclic) bond motifs is 3. The Morgan fingerprint density at radius 1 is 1.22 bits per heavy atom. The van der Waals surface area contributed by atoms with Gasteiger partial charge < -0.3 is 15.4 Å². The quantitative estimate of drug-likeness (QED) is 0.519. The van der Waals surface area contributed by atoms with Crippen molar-refractivity contribution in [1.82, 2.24) is 24.1 Å². The maximum atomic E-state index is 13.1. The molecule has 0 aliphatic carbocycles. The highest BCUT2D eigenvalue weighted by atomic mass is 19.3. The molecule has 1 saturated heterocycles. The Balaban J connectivity index is 1.52. The largest absolute Gasteiger partial charge is 0.494 e. The van der Waals surface area contributed by atoms with Gasteiger partial charge in [-0.15, -0.1) is 5.10 Å². The fourth-order valence-electron chi connectivity index (χ4n) is 4.23. The summed E-state index contributed by atoms with van der Waals surface area (Å²) in [5.41, 5.74) is 7.18. The van der Waals surface area contributed by atoms with Crippen LogP contribution < -0.4 is 20.9 Å². The Kier molecular flexibility index (Phi) is 4.87. The number of hydrogen-bond donors (Lipinski definition) is 1.